The molecular formula is C18H23ClN4O2. The van der Waals surface area contributed by atoms with Gasteiger partial charge in [-0.3, -0.25) is 4.79 Å². The summed E-state index contributed by atoms with van der Waals surface area (Å²) in [4.78, 5) is 14.4. The molecule has 3 rings (SSSR count). The van der Waals surface area contributed by atoms with E-state index in [4.69, 9.17) is 16.3 Å². The van der Waals surface area contributed by atoms with E-state index >= 15 is 0 Å². The van der Waals surface area contributed by atoms with Crippen molar-refractivity contribution < 1.29 is 4.74 Å². The molecule has 0 spiro atoms. The van der Waals surface area contributed by atoms with Gasteiger partial charge in [-0.1, -0.05) is 30.7 Å². The van der Waals surface area contributed by atoms with E-state index < -0.39 is 0 Å². The van der Waals surface area contributed by atoms with Crippen LogP contribution in [0.2, 0.25) is 5.02 Å². The largest absolute Gasteiger partial charge is 0.490 e. The second-order valence-corrected chi connectivity index (χ2v) is 6.40. The maximum Gasteiger partial charge on any atom is 0.266 e. The average Bonchev–Trinajstić information content (AvgIpc) is 2.65. The van der Waals surface area contributed by atoms with Gasteiger partial charge in [0.2, 0.25) is 0 Å². The molecule has 1 fully saturated rings. The van der Waals surface area contributed by atoms with Crippen LogP contribution in [-0.2, 0) is 6.54 Å². The Morgan fingerprint density at radius 2 is 2.16 bits per heavy atom. The fourth-order valence-electron chi connectivity index (χ4n) is 2.98. The summed E-state index contributed by atoms with van der Waals surface area (Å²) < 4.78 is 7.13. The number of para-hydroxylation sites is 1. The number of anilines is 1. The zero-order chi connectivity index (χ0) is 17.6. The van der Waals surface area contributed by atoms with E-state index in [9.17, 15) is 4.79 Å². The molecule has 2 heterocycles. The van der Waals surface area contributed by atoms with Gasteiger partial charge in [0.1, 0.15) is 18.2 Å². The van der Waals surface area contributed by atoms with E-state index in [0.29, 0.717) is 30.0 Å². The summed E-state index contributed by atoms with van der Waals surface area (Å²) in [5.41, 5.74) is -0.130. The number of hydrogen-bond donors (Lipinski definition) is 1. The highest BCUT2D eigenvalue weighted by Crippen LogP contribution is 2.23. The van der Waals surface area contributed by atoms with Gasteiger partial charge in [0.05, 0.1) is 11.6 Å². The lowest BCUT2D eigenvalue weighted by atomic mass is 10.1. The molecule has 25 heavy (non-hydrogen) atoms. The number of nitrogens with one attached hydrogen (secondary N) is 1. The molecule has 6 nitrogen and oxygen atoms in total. The third-order valence-corrected chi connectivity index (χ3v) is 4.68. The van der Waals surface area contributed by atoms with Crippen molar-refractivity contribution >= 4 is 17.4 Å². The van der Waals surface area contributed by atoms with Gasteiger partial charge in [-0.15, -0.1) is 0 Å². The minimum atomic E-state index is -0.130. The van der Waals surface area contributed by atoms with Gasteiger partial charge in [-0.05, 0) is 24.6 Å². The van der Waals surface area contributed by atoms with Gasteiger partial charge in [-0.2, -0.15) is 5.10 Å². The summed E-state index contributed by atoms with van der Waals surface area (Å²) in [6.07, 6.45) is 1.03. The van der Waals surface area contributed by atoms with Gasteiger partial charge < -0.3 is 15.0 Å². The molecule has 1 aliphatic rings. The molecule has 2 aromatic rings. The maximum absolute atomic E-state index is 12.1. The molecule has 0 bridgehead atoms. The number of rotatable bonds is 6. The van der Waals surface area contributed by atoms with Crippen molar-refractivity contribution in [2.45, 2.75) is 25.9 Å². The summed E-state index contributed by atoms with van der Waals surface area (Å²) in [5, 5.41) is 8.49. The minimum Gasteiger partial charge on any atom is -0.490 e. The number of halogens is 1. The van der Waals surface area contributed by atoms with E-state index in [0.717, 1.165) is 31.9 Å². The number of aromatic nitrogens is 2. The number of nitrogens with zero attached hydrogens (tertiary/aromatic N) is 3. The van der Waals surface area contributed by atoms with E-state index in [1.807, 2.05) is 24.3 Å². The van der Waals surface area contributed by atoms with Gasteiger partial charge in [0.15, 0.2) is 0 Å². The molecule has 134 valence electrons. The monoisotopic (exact) mass is 362 g/mol. The van der Waals surface area contributed by atoms with Crippen LogP contribution in [0.5, 0.6) is 5.75 Å². The van der Waals surface area contributed by atoms with Gasteiger partial charge in [0, 0.05) is 31.7 Å². The van der Waals surface area contributed by atoms with Crippen LogP contribution in [0.1, 0.15) is 13.3 Å². The topological polar surface area (TPSA) is 59.4 Å². The van der Waals surface area contributed by atoms with Crippen LogP contribution in [0.4, 0.5) is 5.82 Å². The highest BCUT2D eigenvalue weighted by Gasteiger charge is 2.22. The molecule has 1 saturated heterocycles. The van der Waals surface area contributed by atoms with Crippen LogP contribution in [-0.4, -0.2) is 42.1 Å². The van der Waals surface area contributed by atoms with Crippen molar-refractivity contribution in [3.05, 3.63) is 51.8 Å². The highest BCUT2D eigenvalue weighted by atomic mass is 35.5. The molecule has 1 aliphatic heterocycles. The Morgan fingerprint density at radius 1 is 1.32 bits per heavy atom. The third-order valence-electron chi connectivity index (χ3n) is 4.37. The molecule has 0 aliphatic carbocycles. The van der Waals surface area contributed by atoms with Crippen LogP contribution in [0.15, 0.2) is 41.2 Å². The first-order valence-electron chi connectivity index (χ1n) is 8.62. The third kappa shape index (κ3) is 4.32. The van der Waals surface area contributed by atoms with Crippen molar-refractivity contribution in [1.29, 1.82) is 0 Å². The molecule has 7 heteroatoms. The predicted molar refractivity (Wildman–Crippen MR) is 99.7 cm³/mol. The van der Waals surface area contributed by atoms with Crippen LogP contribution in [0, 0.1) is 0 Å². The number of hydrogen-bond acceptors (Lipinski definition) is 5. The molecular weight excluding hydrogens is 340 g/mol. The molecule has 0 amide bonds. The molecule has 1 atom stereocenters. The minimum absolute atomic E-state index is 0.130. The molecule has 1 aromatic heterocycles. The second kappa shape index (κ2) is 8.36. The Bertz CT molecular complexity index is 765. The van der Waals surface area contributed by atoms with Gasteiger partial charge in [0.25, 0.3) is 5.56 Å². The molecule has 1 N–H and O–H groups in total. The average molecular weight is 363 g/mol. The Morgan fingerprint density at radius 3 is 2.96 bits per heavy atom. The maximum atomic E-state index is 12.1. The van der Waals surface area contributed by atoms with Crippen LogP contribution in [0.25, 0.3) is 0 Å². The smallest absolute Gasteiger partial charge is 0.266 e. The Labute approximate surface area is 152 Å². The van der Waals surface area contributed by atoms with Crippen LogP contribution < -0.4 is 20.5 Å². The standard InChI is InChI=1S/C18H23ClN4O2/c1-2-14-13-20-9-10-22(14)17-7-8-18(24)23(21-17)11-12-25-16-6-4-3-5-15(16)19/h3-8,14,20H,2,9-13H2,1H3/t14-/m1/s1. The first-order chi connectivity index (χ1) is 12.2. The van der Waals surface area contributed by atoms with Crippen molar-refractivity contribution in [2.24, 2.45) is 0 Å². The normalized spacial score (nSPS) is 17.5. The fourth-order valence-corrected chi connectivity index (χ4v) is 3.17. The van der Waals surface area contributed by atoms with Gasteiger partial charge in [-0.25, -0.2) is 4.68 Å². The lowest BCUT2D eigenvalue weighted by Crippen LogP contribution is -2.51. The highest BCUT2D eigenvalue weighted by molar-refractivity contribution is 6.32. The number of piperazine rings is 1. The van der Waals surface area contributed by atoms with Crippen LogP contribution in [0.3, 0.4) is 0 Å². The van der Waals surface area contributed by atoms with Crippen molar-refractivity contribution in [1.82, 2.24) is 15.1 Å². The van der Waals surface area contributed by atoms with Crippen LogP contribution >= 0.6 is 11.6 Å². The summed E-state index contributed by atoms with van der Waals surface area (Å²) in [5.74, 6) is 1.45. The molecule has 0 radical (unpaired) electrons. The van der Waals surface area contributed by atoms with Crippen molar-refractivity contribution in [2.75, 3.05) is 31.1 Å². The Balaban J connectivity index is 1.69. The zero-order valence-corrected chi connectivity index (χ0v) is 15.1. The van der Waals surface area contributed by atoms with Crippen molar-refractivity contribution in [3.63, 3.8) is 0 Å². The Kier molecular flexibility index (Phi) is 5.94. The van der Waals surface area contributed by atoms with E-state index in [2.05, 4.69) is 22.2 Å². The summed E-state index contributed by atoms with van der Waals surface area (Å²) >= 11 is 6.07. The first-order valence-corrected chi connectivity index (χ1v) is 8.99. The predicted octanol–water partition coefficient (Wildman–Crippen LogP) is 2.16. The lowest BCUT2D eigenvalue weighted by Gasteiger charge is -2.36. The second-order valence-electron chi connectivity index (χ2n) is 5.99. The number of benzene rings is 1. The van der Waals surface area contributed by atoms with E-state index in [-0.39, 0.29) is 5.56 Å². The quantitative estimate of drug-likeness (QED) is 0.853. The molecule has 0 unspecified atom stereocenters. The van der Waals surface area contributed by atoms with E-state index in [1.165, 1.54) is 4.68 Å². The Hall–Kier alpha value is -2.05. The first kappa shape index (κ1) is 17.8. The zero-order valence-electron chi connectivity index (χ0n) is 14.3. The fraction of sp³-hybridized carbons (Fsp3) is 0.444. The van der Waals surface area contributed by atoms with Gasteiger partial charge >= 0.3 is 0 Å². The molecule has 1 aromatic carbocycles. The number of ether oxygens (including phenoxy) is 1. The summed E-state index contributed by atoms with van der Waals surface area (Å²) in [7, 11) is 0. The summed E-state index contributed by atoms with van der Waals surface area (Å²) in [6, 6.07) is 11.1. The van der Waals surface area contributed by atoms with Crippen molar-refractivity contribution in [3.8, 4) is 5.75 Å². The SMILES string of the molecule is CC[C@@H]1CNCCN1c1ccc(=O)n(CCOc2ccccc2Cl)n1. The summed E-state index contributed by atoms with van der Waals surface area (Å²) in [6.45, 7) is 5.62. The van der Waals surface area contributed by atoms with E-state index in [1.54, 1.807) is 12.1 Å². The molecule has 0 saturated carbocycles. The lowest BCUT2D eigenvalue weighted by molar-refractivity contribution is 0.287.